The largest absolute Gasteiger partial charge is 0.465 e. The fourth-order valence-corrected chi connectivity index (χ4v) is 4.43. The first-order valence-corrected chi connectivity index (χ1v) is 10.1. The van der Waals surface area contributed by atoms with Crippen molar-refractivity contribution in [2.45, 2.75) is 44.9 Å². The third kappa shape index (κ3) is 3.78. The number of aryl methyl sites for hydroxylation is 2. The van der Waals surface area contributed by atoms with Crippen molar-refractivity contribution in [3.05, 3.63) is 59.7 Å². The van der Waals surface area contributed by atoms with Crippen molar-refractivity contribution in [2.75, 3.05) is 13.1 Å². The van der Waals surface area contributed by atoms with E-state index in [1.807, 2.05) is 0 Å². The number of nitrogens with zero attached hydrogens (tertiary/aromatic N) is 1. The molecule has 27 heavy (non-hydrogen) atoms. The maximum atomic E-state index is 10.3. The maximum absolute atomic E-state index is 10.3. The van der Waals surface area contributed by atoms with Gasteiger partial charge in [0.25, 0.3) is 0 Å². The van der Waals surface area contributed by atoms with Crippen LogP contribution in [-0.4, -0.2) is 29.2 Å². The van der Waals surface area contributed by atoms with Gasteiger partial charge in [-0.3, -0.25) is 0 Å². The Morgan fingerprint density at radius 3 is 2.26 bits per heavy atom. The van der Waals surface area contributed by atoms with E-state index >= 15 is 0 Å². The molecular formula is C24H27NO2. The van der Waals surface area contributed by atoms with E-state index in [4.69, 9.17) is 5.11 Å². The lowest BCUT2D eigenvalue weighted by molar-refractivity contribution is 0.136. The molecule has 0 spiro atoms. The van der Waals surface area contributed by atoms with Crippen LogP contribution in [0, 0.1) is 0 Å². The Morgan fingerprint density at radius 1 is 0.741 bits per heavy atom. The monoisotopic (exact) mass is 361 g/mol. The van der Waals surface area contributed by atoms with Crippen LogP contribution in [0.25, 0.3) is 21.5 Å². The van der Waals surface area contributed by atoms with Gasteiger partial charge in [-0.1, -0.05) is 48.5 Å². The molecule has 1 heterocycles. The summed E-state index contributed by atoms with van der Waals surface area (Å²) in [4.78, 5) is 11.8. The minimum Gasteiger partial charge on any atom is -0.465 e. The highest BCUT2D eigenvalue weighted by molar-refractivity contribution is 6.08. The van der Waals surface area contributed by atoms with Crippen LogP contribution >= 0.6 is 0 Å². The van der Waals surface area contributed by atoms with Crippen LogP contribution in [0.3, 0.4) is 0 Å². The van der Waals surface area contributed by atoms with Crippen LogP contribution in [0.5, 0.6) is 0 Å². The molecule has 0 radical (unpaired) electrons. The second kappa shape index (κ2) is 7.99. The van der Waals surface area contributed by atoms with Gasteiger partial charge in [0.2, 0.25) is 0 Å². The number of rotatable bonds is 0. The molecule has 1 fully saturated rings. The molecule has 1 saturated heterocycles. The number of likely N-dealkylation sites (tertiary alicyclic amines) is 1. The number of fused-ring (bicyclic) bond motifs is 5. The molecule has 1 N–H and O–H groups in total. The van der Waals surface area contributed by atoms with Crippen molar-refractivity contribution in [1.29, 1.82) is 0 Å². The zero-order chi connectivity index (χ0) is 18.6. The predicted octanol–water partition coefficient (Wildman–Crippen LogP) is 6.02. The summed E-state index contributed by atoms with van der Waals surface area (Å²) < 4.78 is 0. The molecule has 2 aliphatic rings. The van der Waals surface area contributed by atoms with Crippen LogP contribution in [0.15, 0.2) is 48.5 Å². The molecule has 1 aliphatic carbocycles. The standard InChI is InChI=1S/C18H16.C6H11NO2/c1-3-7-15-13(5-1)9-11-18-16-8-4-2-6-14(16)10-12-17(15)18;8-6(9)7-4-2-1-3-5-7/h1,3,5,7,9-12H,2,4,6,8H2;1-5H2,(H,8,9). The molecule has 3 aromatic rings. The van der Waals surface area contributed by atoms with Crippen LogP contribution in [0.4, 0.5) is 4.79 Å². The van der Waals surface area contributed by atoms with E-state index in [2.05, 4.69) is 48.5 Å². The van der Waals surface area contributed by atoms with Gasteiger partial charge in [-0.05, 0) is 77.6 Å². The number of carboxylic acid groups (broad SMARTS) is 1. The van der Waals surface area contributed by atoms with E-state index in [9.17, 15) is 4.79 Å². The third-order valence-corrected chi connectivity index (χ3v) is 5.88. The number of carbonyl (C=O) groups is 1. The third-order valence-electron chi connectivity index (χ3n) is 5.88. The molecule has 1 amide bonds. The Kier molecular flexibility index (Phi) is 5.28. The highest BCUT2D eigenvalue weighted by atomic mass is 16.4. The molecule has 1 aliphatic heterocycles. The Labute approximate surface area is 160 Å². The summed E-state index contributed by atoms with van der Waals surface area (Å²) in [5, 5.41) is 14.1. The van der Waals surface area contributed by atoms with Crippen LogP contribution in [0.1, 0.15) is 43.2 Å². The van der Waals surface area contributed by atoms with Gasteiger partial charge < -0.3 is 10.0 Å². The molecule has 3 aromatic carbocycles. The molecule has 0 unspecified atom stereocenters. The zero-order valence-corrected chi connectivity index (χ0v) is 15.8. The average Bonchev–Trinajstić information content (AvgIpc) is 2.74. The number of amides is 1. The molecule has 5 rings (SSSR count). The van der Waals surface area contributed by atoms with Gasteiger partial charge in [0.1, 0.15) is 0 Å². The van der Waals surface area contributed by atoms with Gasteiger partial charge in [-0.15, -0.1) is 0 Å². The first-order chi connectivity index (χ1) is 13.2. The number of hydrogen-bond donors (Lipinski definition) is 1. The second-order valence-corrected chi connectivity index (χ2v) is 7.62. The van der Waals surface area contributed by atoms with Crippen molar-refractivity contribution in [1.82, 2.24) is 4.90 Å². The van der Waals surface area contributed by atoms with E-state index in [1.165, 1.54) is 58.5 Å². The lowest BCUT2D eigenvalue weighted by Crippen LogP contribution is -2.34. The minimum atomic E-state index is -0.769. The van der Waals surface area contributed by atoms with Crippen LogP contribution in [-0.2, 0) is 12.8 Å². The molecule has 0 atom stereocenters. The molecule has 0 bridgehead atoms. The lowest BCUT2D eigenvalue weighted by Gasteiger charge is -2.22. The Balaban J connectivity index is 0.000000170. The number of piperidine rings is 1. The Bertz CT molecular complexity index is 957. The van der Waals surface area contributed by atoms with Gasteiger partial charge in [0, 0.05) is 13.1 Å². The quantitative estimate of drug-likeness (QED) is 0.497. The summed E-state index contributed by atoms with van der Waals surface area (Å²) in [6.45, 7) is 1.46. The smallest absolute Gasteiger partial charge is 0.407 e. The van der Waals surface area contributed by atoms with E-state index < -0.39 is 6.09 Å². The first kappa shape index (κ1) is 17.8. The zero-order valence-electron chi connectivity index (χ0n) is 15.8. The summed E-state index contributed by atoms with van der Waals surface area (Å²) in [7, 11) is 0. The molecule has 140 valence electrons. The summed E-state index contributed by atoms with van der Waals surface area (Å²) in [5.74, 6) is 0. The normalized spacial score (nSPS) is 16.5. The predicted molar refractivity (Wildman–Crippen MR) is 112 cm³/mol. The van der Waals surface area contributed by atoms with Crippen molar-refractivity contribution in [3.63, 3.8) is 0 Å². The SMILES string of the molecule is O=C(O)N1CCCCC1.c1ccc2c(c1)ccc1c3c(ccc12)CCCC3. The lowest BCUT2D eigenvalue weighted by atomic mass is 9.86. The fraction of sp³-hybridized carbons (Fsp3) is 0.375. The summed E-state index contributed by atoms with van der Waals surface area (Å²) in [6, 6.07) is 18.0. The summed E-state index contributed by atoms with van der Waals surface area (Å²) >= 11 is 0. The van der Waals surface area contributed by atoms with Gasteiger partial charge in [-0.25, -0.2) is 4.79 Å². The number of benzene rings is 3. The van der Waals surface area contributed by atoms with Crippen LogP contribution < -0.4 is 0 Å². The van der Waals surface area contributed by atoms with E-state index in [1.54, 1.807) is 11.1 Å². The van der Waals surface area contributed by atoms with E-state index in [-0.39, 0.29) is 0 Å². The highest BCUT2D eigenvalue weighted by Gasteiger charge is 2.14. The summed E-state index contributed by atoms with van der Waals surface area (Å²) in [6.07, 6.45) is 7.70. The molecule has 3 heteroatoms. The summed E-state index contributed by atoms with van der Waals surface area (Å²) in [5.41, 5.74) is 3.17. The number of hydrogen-bond acceptors (Lipinski definition) is 1. The first-order valence-electron chi connectivity index (χ1n) is 10.1. The van der Waals surface area contributed by atoms with Crippen molar-refractivity contribution in [3.8, 4) is 0 Å². The minimum absolute atomic E-state index is 0.731. The maximum Gasteiger partial charge on any atom is 0.407 e. The molecule has 3 nitrogen and oxygen atoms in total. The van der Waals surface area contributed by atoms with Gasteiger partial charge in [0.15, 0.2) is 0 Å². The fourth-order valence-electron chi connectivity index (χ4n) is 4.43. The Hall–Kier alpha value is -2.55. The molecule has 0 saturated carbocycles. The van der Waals surface area contributed by atoms with Crippen LogP contribution in [0.2, 0.25) is 0 Å². The van der Waals surface area contributed by atoms with Crippen molar-refractivity contribution >= 4 is 27.6 Å². The second-order valence-electron chi connectivity index (χ2n) is 7.62. The van der Waals surface area contributed by atoms with Gasteiger partial charge >= 0.3 is 6.09 Å². The Morgan fingerprint density at radius 2 is 1.48 bits per heavy atom. The van der Waals surface area contributed by atoms with E-state index in [0.29, 0.717) is 0 Å². The topological polar surface area (TPSA) is 40.5 Å². The van der Waals surface area contributed by atoms with Gasteiger partial charge in [-0.2, -0.15) is 0 Å². The van der Waals surface area contributed by atoms with Crippen molar-refractivity contribution < 1.29 is 9.90 Å². The molecule has 0 aromatic heterocycles. The van der Waals surface area contributed by atoms with Gasteiger partial charge in [0.05, 0.1) is 0 Å². The van der Waals surface area contributed by atoms with E-state index in [0.717, 1.165) is 25.9 Å². The highest BCUT2D eigenvalue weighted by Crippen LogP contribution is 2.33. The average molecular weight is 361 g/mol. The molecular weight excluding hydrogens is 334 g/mol. The van der Waals surface area contributed by atoms with Crippen molar-refractivity contribution in [2.24, 2.45) is 0 Å².